The van der Waals surface area contributed by atoms with Gasteiger partial charge in [0, 0.05) is 75.6 Å². The van der Waals surface area contributed by atoms with Gasteiger partial charge in [-0.05, 0) is 74.6 Å². The summed E-state index contributed by atoms with van der Waals surface area (Å²) in [5.74, 6) is -1.79. The molecule has 27 heteroatoms. The average Bonchev–Trinajstić information content (AvgIpc) is 3.94. The zero-order valence-electron chi connectivity index (χ0n) is 44.3. The van der Waals surface area contributed by atoms with Crippen LogP contribution in [0.25, 0.3) is 0 Å². The van der Waals surface area contributed by atoms with Crippen molar-refractivity contribution in [3.8, 4) is 0 Å². The molecule has 2 atom stereocenters. The molecular weight excluding hydrogens is 1100 g/mol. The number of thioether (sulfide) groups is 1. The zero-order chi connectivity index (χ0) is 55.3. The number of nitrogens with one attached hydrogen (secondary N) is 1. The van der Waals surface area contributed by atoms with Crippen LogP contribution in [0.3, 0.4) is 0 Å². The summed E-state index contributed by atoms with van der Waals surface area (Å²) in [6.07, 6.45) is 1.89. The third kappa shape index (κ3) is 22.4. The summed E-state index contributed by atoms with van der Waals surface area (Å²) < 4.78 is 86.3. The largest absolute Gasteiger partial charge is 0.443 e. The van der Waals surface area contributed by atoms with Crippen molar-refractivity contribution in [2.45, 2.75) is 66.6 Å². The molecule has 3 N–H and O–H groups in total. The predicted octanol–water partition coefficient (Wildman–Crippen LogP) is 5.22. The second-order valence-electron chi connectivity index (χ2n) is 17.6. The van der Waals surface area contributed by atoms with Crippen molar-refractivity contribution in [3.63, 3.8) is 0 Å². The smallest absolute Gasteiger partial charge is 0.414 e. The van der Waals surface area contributed by atoms with Crippen molar-refractivity contribution >= 4 is 124 Å². The second kappa shape index (κ2) is 32.5. The third-order valence-corrected chi connectivity index (χ3v) is 15.5. The number of hydrogen-bond acceptors (Lipinski definition) is 17. The fraction of sp³-hybridized carbons (Fsp3) is 0.625. The standard InChI is InChI=1S/C20H27FN4O5S2.C17H23FN4O5S.C6H15N.C5H10S2.ClH/c1-3-18(31)22-11-15-12-25(20(27)30-15)14-4-5-17(16(21)10-14)23-6-8-24(9-7-23)19(26)13-32(2,28)29;1-28(25,26)11-16(23)21-6-4-20(5-7-21)15-3-2-12(8-14(15)18)22-10-13(9-19)27-17(22)24;1-4-7(5-2)6-3;1-3-5(6)7-4-2;/h4-5,10,15H,3,6-9,11-13H2,1-2H3,(H,22,31);2-3,8,13H,4-7,9-11,19H2,1H3;4-6H2,1-3H3;3-4H2,1-2H3;1H/t15-;13-;;;/m00.../s1. The normalized spacial score (nSPS) is 17.6. The van der Waals surface area contributed by atoms with E-state index in [0.717, 1.165) is 28.9 Å². The molecule has 4 amide bonds. The molecule has 4 aliphatic heterocycles. The topological polar surface area (TPSA) is 216 Å². The zero-order valence-corrected chi connectivity index (χ0v) is 49.2. The summed E-state index contributed by atoms with van der Waals surface area (Å²) >= 11 is 11.8. The minimum absolute atomic E-state index is 0. The number of benzene rings is 2. The SMILES string of the molecule is CCC(=S)NC[C@H]1CN(c2ccc(N3CCN(C(=O)CS(C)(=O)=O)CC3)c(F)c2)C(=O)O1.CCN(CC)CC.CCSC(=S)CC.CS(=O)(=O)CC(=O)N1CCN(c2ccc(N3C[C@H](CN)OC3=O)cc2F)CC1.Cl. The van der Waals surface area contributed by atoms with E-state index in [9.17, 15) is 44.8 Å². The maximum Gasteiger partial charge on any atom is 0.414 e. The number of halogens is 3. The minimum atomic E-state index is -3.39. The molecule has 75 heavy (non-hydrogen) atoms. The predicted molar refractivity (Wildman–Crippen MR) is 307 cm³/mol. The summed E-state index contributed by atoms with van der Waals surface area (Å²) in [4.78, 5) is 60.5. The van der Waals surface area contributed by atoms with Gasteiger partial charge in [0.2, 0.25) is 11.8 Å². The molecule has 0 aromatic heterocycles. The number of piperazine rings is 2. The number of nitrogens with zero attached hydrogens (tertiary/aromatic N) is 7. The summed E-state index contributed by atoms with van der Waals surface area (Å²) in [6.45, 7) is 20.2. The molecule has 0 bridgehead atoms. The van der Waals surface area contributed by atoms with Crippen LogP contribution >= 0.6 is 48.6 Å². The first kappa shape index (κ1) is 66.9. The quantitative estimate of drug-likeness (QED) is 0.194. The molecule has 4 aliphatic rings. The molecule has 4 saturated heterocycles. The van der Waals surface area contributed by atoms with Crippen LogP contribution in [0.2, 0.25) is 0 Å². The van der Waals surface area contributed by atoms with E-state index in [0.29, 0.717) is 93.1 Å². The first-order valence-corrected chi connectivity index (χ1v) is 30.6. The lowest BCUT2D eigenvalue weighted by atomic mass is 10.2. The maximum absolute atomic E-state index is 14.9. The minimum Gasteiger partial charge on any atom is -0.443 e. The van der Waals surface area contributed by atoms with Crippen LogP contribution in [-0.4, -0.2) is 205 Å². The lowest BCUT2D eigenvalue weighted by molar-refractivity contribution is -0.129. The summed E-state index contributed by atoms with van der Waals surface area (Å²) in [5, 5.41) is 3.04. The maximum atomic E-state index is 14.9. The number of nitrogens with two attached hydrogens (primary N) is 1. The highest BCUT2D eigenvalue weighted by Crippen LogP contribution is 2.30. The first-order chi connectivity index (χ1) is 34.9. The van der Waals surface area contributed by atoms with Crippen LogP contribution in [0.4, 0.5) is 41.1 Å². The number of amides is 4. The van der Waals surface area contributed by atoms with E-state index >= 15 is 0 Å². The fourth-order valence-corrected chi connectivity index (χ4v) is 10.1. The Morgan fingerprint density at radius 1 is 0.693 bits per heavy atom. The average molecular weight is 1170 g/mol. The monoisotopic (exact) mass is 1170 g/mol. The van der Waals surface area contributed by atoms with Gasteiger partial charge in [-0.1, -0.05) is 66.0 Å². The van der Waals surface area contributed by atoms with Gasteiger partial charge in [0.1, 0.15) is 35.3 Å². The van der Waals surface area contributed by atoms with Gasteiger partial charge >= 0.3 is 12.2 Å². The molecule has 4 heterocycles. The second-order valence-corrected chi connectivity index (χ2v) is 24.4. The summed E-state index contributed by atoms with van der Waals surface area (Å²) in [6, 6.07) is 9.06. The highest BCUT2D eigenvalue weighted by molar-refractivity contribution is 8.23. The van der Waals surface area contributed by atoms with Gasteiger partial charge in [0.15, 0.2) is 19.7 Å². The number of hydrogen-bond donors (Lipinski definition) is 2. The molecule has 0 spiro atoms. The molecule has 4 fully saturated rings. The summed E-state index contributed by atoms with van der Waals surface area (Å²) in [5.41, 5.74) is 7.03. The molecule has 0 saturated carbocycles. The number of thiocarbonyl (C=S) groups is 2. The molecule has 424 valence electrons. The van der Waals surface area contributed by atoms with E-state index in [1.165, 1.54) is 51.4 Å². The van der Waals surface area contributed by atoms with Crippen molar-refractivity contribution < 1.29 is 54.3 Å². The van der Waals surface area contributed by atoms with Gasteiger partial charge in [-0.3, -0.25) is 19.4 Å². The number of sulfone groups is 2. The Kier molecular flexibility index (Phi) is 29.0. The highest BCUT2D eigenvalue weighted by atomic mass is 35.5. The Morgan fingerprint density at radius 2 is 1.09 bits per heavy atom. The first-order valence-electron chi connectivity index (χ1n) is 24.7. The number of carbonyl (C=O) groups excluding carboxylic acids is 4. The van der Waals surface area contributed by atoms with E-state index < -0.39 is 72.9 Å². The molecule has 0 radical (unpaired) electrons. The number of cyclic esters (lactones) is 2. The van der Waals surface area contributed by atoms with Gasteiger partial charge in [0.25, 0.3) is 0 Å². The van der Waals surface area contributed by atoms with Crippen molar-refractivity contribution in [1.82, 2.24) is 20.0 Å². The van der Waals surface area contributed by atoms with Crippen molar-refractivity contribution in [1.29, 1.82) is 0 Å². The molecule has 2 aromatic carbocycles. The number of anilines is 4. The van der Waals surface area contributed by atoms with E-state index in [2.05, 4.69) is 44.8 Å². The van der Waals surface area contributed by atoms with Gasteiger partial charge in [-0.15, -0.1) is 24.2 Å². The van der Waals surface area contributed by atoms with Gasteiger partial charge < -0.3 is 45.0 Å². The van der Waals surface area contributed by atoms with E-state index in [1.807, 2.05) is 6.92 Å². The van der Waals surface area contributed by atoms with Gasteiger partial charge in [-0.25, -0.2) is 35.2 Å². The van der Waals surface area contributed by atoms with E-state index in [4.69, 9.17) is 39.6 Å². The van der Waals surface area contributed by atoms with Crippen LogP contribution in [0, 0.1) is 11.6 Å². The third-order valence-electron chi connectivity index (χ3n) is 12.0. The molecule has 0 unspecified atom stereocenters. The molecular formula is C48H76ClF2N9O10S5. The number of carbonyl (C=O) groups is 4. The number of rotatable bonds is 17. The van der Waals surface area contributed by atoms with Crippen LogP contribution in [0.1, 0.15) is 54.4 Å². The Hall–Kier alpha value is -4.18. The van der Waals surface area contributed by atoms with Crippen molar-refractivity contribution in [3.05, 3.63) is 48.0 Å². The Balaban J connectivity index is 0.000000407. The lowest BCUT2D eigenvalue weighted by Gasteiger charge is -2.36. The van der Waals surface area contributed by atoms with Crippen LogP contribution in [0.5, 0.6) is 0 Å². The number of ether oxygens (including phenoxy) is 2. The van der Waals surface area contributed by atoms with Gasteiger partial charge in [0.05, 0.1) is 47.4 Å². The molecule has 2 aromatic rings. The van der Waals surface area contributed by atoms with E-state index in [1.54, 1.807) is 45.8 Å². The molecule has 6 rings (SSSR count). The molecule has 19 nitrogen and oxygen atoms in total. The van der Waals surface area contributed by atoms with E-state index in [-0.39, 0.29) is 38.1 Å². The van der Waals surface area contributed by atoms with Crippen LogP contribution < -0.4 is 30.7 Å². The van der Waals surface area contributed by atoms with Crippen molar-refractivity contribution in [2.24, 2.45) is 5.73 Å². The Labute approximate surface area is 463 Å². The van der Waals surface area contributed by atoms with Crippen LogP contribution in [0.15, 0.2) is 36.4 Å². The van der Waals surface area contributed by atoms with Crippen molar-refractivity contribution in [2.75, 3.05) is 148 Å². The summed E-state index contributed by atoms with van der Waals surface area (Å²) in [7, 11) is -6.78. The highest BCUT2D eigenvalue weighted by Gasteiger charge is 2.34. The fourth-order valence-electron chi connectivity index (χ4n) is 7.85. The Morgan fingerprint density at radius 3 is 1.39 bits per heavy atom. The van der Waals surface area contributed by atoms with Gasteiger partial charge in [-0.2, -0.15) is 0 Å². The Bertz CT molecular complexity index is 2440. The lowest BCUT2D eigenvalue weighted by Crippen LogP contribution is -2.50. The van der Waals surface area contributed by atoms with Crippen LogP contribution in [-0.2, 0) is 38.7 Å². The molecule has 0 aliphatic carbocycles.